The molecule has 4 aromatic rings. The van der Waals surface area contributed by atoms with Gasteiger partial charge in [-0.15, -0.1) is 0 Å². The Bertz CT molecular complexity index is 1470. The highest BCUT2D eigenvalue weighted by atomic mass is 32.2. The number of carbonyl (C=O) groups excluding carboxylic acids is 2. The Balaban J connectivity index is 1.64. The number of anilines is 1. The van der Waals surface area contributed by atoms with Gasteiger partial charge < -0.3 is 5.32 Å². The number of aromatic nitrogens is 4. The largest absolute Gasteiger partial charge is 0.325 e. The summed E-state index contributed by atoms with van der Waals surface area (Å²) in [5, 5.41) is 7.74. The fourth-order valence-corrected chi connectivity index (χ4v) is 4.58. The first-order chi connectivity index (χ1) is 16.8. The van der Waals surface area contributed by atoms with E-state index in [0.29, 0.717) is 46.2 Å². The van der Waals surface area contributed by atoms with Crippen LogP contribution in [0.25, 0.3) is 11.0 Å². The van der Waals surface area contributed by atoms with E-state index in [-0.39, 0.29) is 23.0 Å². The van der Waals surface area contributed by atoms with Crippen molar-refractivity contribution in [2.75, 3.05) is 11.1 Å². The van der Waals surface area contributed by atoms with Gasteiger partial charge in [-0.05, 0) is 45.4 Å². The molecule has 180 valence electrons. The summed E-state index contributed by atoms with van der Waals surface area (Å²) in [5.41, 5.74) is 4.67. The molecule has 0 radical (unpaired) electrons. The number of carbonyl (C=O) groups is 2. The number of hydrogen-bond acceptors (Lipinski definition) is 6. The average Bonchev–Trinajstić information content (AvgIpc) is 3.16. The van der Waals surface area contributed by atoms with Gasteiger partial charge in [0.15, 0.2) is 16.5 Å². The maximum absolute atomic E-state index is 13.6. The van der Waals surface area contributed by atoms with Crippen molar-refractivity contribution in [2.45, 2.75) is 45.9 Å². The quantitative estimate of drug-likeness (QED) is 0.226. The first kappa shape index (κ1) is 24.4. The Morgan fingerprint density at radius 2 is 1.83 bits per heavy atom. The number of thioether (sulfide) groups is 1. The standard InChI is InChI=1S/C26H27N5O3S/c1-5-31-24-23(17(3)29-31)28-26(30(25(24)34)14-19-11-9-16(2)10-12-19)35-15-22(33)27-21-8-6-7-20(13-21)18(4)32/h6-13H,5,14-15H2,1-4H3,(H,27,33). The van der Waals surface area contributed by atoms with Crippen LogP contribution in [0.4, 0.5) is 5.69 Å². The zero-order valence-corrected chi connectivity index (χ0v) is 21.0. The fourth-order valence-electron chi connectivity index (χ4n) is 3.79. The predicted octanol–water partition coefficient (Wildman–Crippen LogP) is 4.21. The Hall–Kier alpha value is -3.72. The molecule has 4 rings (SSSR count). The van der Waals surface area contributed by atoms with E-state index >= 15 is 0 Å². The van der Waals surface area contributed by atoms with Crippen LogP contribution in [0.5, 0.6) is 0 Å². The molecule has 0 fully saturated rings. The van der Waals surface area contributed by atoms with Gasteiger partial charge in [0.1, 0.15) is 5.52 Å². The third-order valence-corrected chi connectivity index (χ3v) is 6.60. The molecule has 0 bridgehead atoms. The summed E-state index contributed by atoms with van der Waals surface area (Å²) in [4.78, 5) is 42.6. The molecule has 0 aliphatic carbocycles. The molecule has 2 aromatic heterocycles. The second-order valence-corrected chi connectivity index (χ2v) is 9.29. The Morgan fingerprint density at radius 3 is 2.51 bits per heavy atom. The molecule has 0 saturated heterocycles. The number of Topliss-reactive ketones (excluding diaryl/α,β-unsaturated/α-hetero) is 1. The van der Waals surface area contributed by atoms with Gasteiger partial charge in [0.05, 0.1) is 18.0 Å². The molecular formula is C26H27N5O3S. The van der Waals surface area contributed by atoms with Gasteiger partial charge in [-0.25, -0.2) is 4.98 Å². The minimum Gasteiger partial charge on any atom is -0.325 e. The Kier molecular flexibility index (Phi) is 7.16. The molecule has 2 aromatic carbocycles. The van der Waals surface area contributed by atoms with Gasteiger partial charge in [-0.1, -0.05) is 53.7 Å². The number of nitrogens with one attached hydrogen (secondary N) is 1. The lowest BCUT2D eigenvalue weighted by molar-refractivity contribution is -0.113. The van der Waals surface area contributed by atoms with Gasteiger partial charge in [0, 0.05) is 17.8 Å². The summed E-state index contributed by atoms with van der Waals surface area (Å²) in [5.74, 6) is -0.277. The summed E-state index contributed by atoms with van der Waals surface area (Å²) in [6.07, 6.45) is 0. The Morgan fingerprint density at radius 1 is 1.09 bits per heavy atom. The molecule has 8 nitrogen and oxygen atoms in total. The second kappa shape index (κ2) is 10.3. The van der Waals surface area contributed by atoms with E-state index < -0.39 is 0 Å². The van der Waals surface area contributed by atoms with Crippen LogP contribution < -0.4 is 10.9 Å². The van der Waals surface area contributed by atoms with Crippen LogP contribution in [-0.4, -0.2) is 36.8 Å². The number of benzene rings is 2. The van der Waals surface area contributed by atoms with Crippen molar-refractivity contribution in [3.05, 3.63) is 81.3 Å². The lowest BCUT2D eigenvalue weighted by Crippen LogP contribution is -2.26. The van der Waals surface area contributed by atoms with Crippen LogP contribution in [0.2, 0.25) is 0 Å². The zero-order chi connectivity index (χ0) is 25.1. The first-order valence-electron chi connectivity index (χ1n) is 11.3. The van der Waals surface area contributed by atoms with Crippen LogP contribution in [-0.2, 0) is 17.9 Å². The van der Waals surface area contributed by atoms with Crippen LogP contribution in [0.1, 0.15) is 41.0 Å². The summed E-state index contributed by atoms with van der Waals surface area (Å²) in [6, 6.07) is 14.8. The minimum atomic E-state index is -0.257. The van der Waals surface area contributed by atoms with Gasteiger partial charge >= 0.3 is 0 Å². The highest BCUT2D eigenvalue weighted by Gasteiger charge is 2.19. The zero-order valence-electron chi connectivity index (χ0n) is 20.2. The number of fused-ring (bicyclic) bond motifs is 1. The first-order valence-corrected chi connectivity index (χ1v) is 12.3. The van der Waals surface area contributed by atoms with E-state index in [0.717, 1.165) is 11.1 Å². The maximum Gasteiger partial charge on any atom is 0.280 e. The number of ketones is 1. The summed E-state index contributed by atoms with van der Waals surface area (Å²) in [6.45, 7) is 8.14. The Labute approximate surface area is 207 Å². The van der Waals surface area contributed by atoms with Gasteiger partial charge in [-0.2, -0.15) is 5.10 Å². The van der Waals surface area contributed by atoms with E-state index in [1.54, 1.807) is 33.5 Å². The topological polar surface area (TPSA) is 98.9 Å². The summed E-state index contributed by atoms with van der Waals surface area (Å²) < 4.78 is 3.28. The maximum atomic E-state index is 13.6. The highest BCUT2D eigenvalue weighted by molar-refractivity contribution is 7.99. The predicted molar refractivity (Wildman–Crippen MR) is 138 cm³/mol. The molecule has 0 atom stereocenters. The molecule has 2 heterocycles. The van der Waals surface area contributed by atoms with Crippen LogP contribution in [0.3, 0.4) is 0 Å². The number of nitrogens with zero attached hydrogens (tertiary/aromatic N) is 4. The lowest BCUT2D eigenvalue weighted by atomic mass is 10.1. The fraction of sp³-hybridized carbons (Fsp3) is 0.269. The molecule has 9 heteroatoms. The van der Waals surface area contributed by atoms with E-state index in [1.165, 1.54) is 18.7 Å². The molecule has 0 aliphatic rings. The number of amides is 1. The van der Waals surface area contributed by atoms with Crippen LogP contribution >= 0.6 is 11.8 Å². The van der Waals surface area contributed by atoms with Crippen molar-refractivity contribution in [1.29, 1.82) is 0 Å². The minimum absolute atomic E-state index is 0.0527. The molecule has 0 aliphatic heterocycles. The highest BCUT2D eigenvalue weighted by Crippen LogP contribution is 2.22. The van der Waals surface area contributed by atoms with Gasteiger partial charge in [0.25, 0.3) is 5.56 Å². The van der Waals surface area contributed by atoms with Crippen molar-refractivity contribution in [2.24, 2.45) is 0 Å². The smallest absolute Gasteiger partial charge is 0.280 e. The van der Waals surface area contributed by atoms with Crippen molar-refractivity contribution in [3.63, 3.8) is 0 Å². The van der Waals surface area contributed by atoms with Crippen molar-refractivity contribution >= 4 is 40.2 Å². The number of hydrogen-bond donors (Lipinski definition) is 1. The van der Waals surface area contributed by atoms with E-state index in [2.05, 4.69) is 10.4 Å². The van der Waals surface area contributed by atoms with E-state index in [1.807, 2.05) is 45.0 Å². The normalized spacial score (nSPS) is 11.1. The van der Waals surface area contributed by atoms with E-state index in [4.69, 9.17) is 4.98 Å². The average molecular weight is 490 g/mol. The van der Waals surface area contributed by atoms with Crippen LogP contribution in [0, 0.1) is 13.8 Å². The molecular weight excluding hydrogens is 462 g/mol. The molecule has 35 heavy (non-hydrogen) atoms. The SMILES string of the molecule is CCn1nc(C)c2nc(SCC(=O)Nc3cccc(C(C)=O)c3)n(Cc3ccc(C)cc3)c(=O)c21. The molecule has 0 spiro atoms. The van der Waals surface area contributed by atoms with Crippen molar-refractivity contribution < 1.29 is 9.59 Å². The van der Waals surface area contributed by atoms with Crippen molar-refractivity contribution in [3.8, 4) is 0 Å². The molecule has 1 amide bonds. The summed E-state index contributed by atoms with van der Waals surface area (Å²) in [7, 11) is 0. The third kappa shape index (κ3) is 5.35. The van der Waals surface area contributed by atoms with E-state index in [9.17, 15) is 14.4 Å². The van der Waals surface area contributed by atoms with Crippen LogP contribution in [0.15, 0.2) is 58.5 Å². The number of rotatable bonds is 8. The molecule has 0 saturated carbocycles. The second-order valence-electron chi connectivity index (χ2n) is 8.34. The number of aryl methyl sites for hydroxylation is 3. The van der Waals surface area contributed by atoms with Crippen molar-refractivity contribution in [1.82, 2.24) is 19.3 Å². The lowest BCUT2D eigenvalue weighted by Gasteiger charge is -2.13. The third-order valence-electron chi connectivity index (χ3n) is 5.63. The molecule has 0 unspecified atom stereocenters. The summed E-state index contributed by atoms with van der Waals surface area (Å²) >= 11 is 1.20. The van der Waals surface area contributed by atoms with Gasteiger partial charge in [0.2, 0.25) is 5.91 Å². The monoisotopic (exact) mass is 489 g/mol. The van der Waals surface area contributed by atoms with Gasteiger partial charge in [-0.3, -0.25) is 23.6 Å². The molecule has 1 N–H and O–H groups in total.